The van der Waals surface area contributed by atoms with E-state index in [9.17, 15) is 0 Å². The molecule has 0 radical (unpaired) electrons. The van der Waals surface area contributed by atoms with E-state index in [1.165, 1.54) is 44.9 Å². The van der Waals surface area contributed by atoms with E-state index in [4.69, 9.17) is 5.73 Å². The van der Waals surface area contributed by atoms with E-state index in [0.29, 0.717) is 12.0 Å². The Hall–Kier alpha value is -0.0800. The lowest BCUT2D eigenvalue weighted by Crippen LogP contribution is -2.40. The third-order valence-corrected chi connectivity index (χ3v) is 3.98. The van der Waals surface area contributed by atoms with Gasteiger partial charge >= 0.3 is 0 Å². The van der Waals surface area contributed by atoms with Crippen molar-refractivity contribution in [1.29, 1.82) is 0 Å². The van der Waals surface area contributed by atoms with Crippen molar-refractivity contribution >= 4 is 0 Å². The Morgan fingerprint density at radius 1 is 1.19 bits per heavy atom. The van der Waals surface area contributed by atoms with Crippen LogP contribution in [-0.4, -0.2) is 19.1 Å². The first-order valence-electron chi connectivity index (χ1n) is 7.17. The van der Waals surface area contributed by atoms with Crippen molar-refractivity contribution in [2.45, 2.75) is 64.8 Å². The van der Waals surface area contributed by atoms with E-state index < -0.39 is 0 Å². The summed E-state index contributed by atoms with van der Waals surface area (Å²) in [5.41, 5.74) is 5.74. The second-order valence-electron chi connectivity index (χ2n) is 5.69. The maximum Gasteiger partial charge on any atom is 0.0213 e. The maximum atomic E-state index is 5.74. The van der Waals surface area contributed by atoms with Crippen LogP contribution < -0.4 is 11.1 Å². The molecule has 2 heteroatoms. The van der Waals surface area contributed by atoms with Crippen LogP contribution in [0.3, 0.4) is 0 Å². The summed E-state index contributed by atoms with van der Waals surface area (Å²) in [6, 6.07) is 0.506. The predicted octanol–water partition coefficient (Wildman–Crippen LogP) is 2.92. The van der Waals surface area contributed by atoms with Crippen LogP contribution in [0.1, 0.15) is 58.8 Å². The lowest BCUT2D eigenvalue weighted by atomic mass is 9.86. The molecule has 0 amide bonds. The normalized spacial score (nSPS) is 20.2. The SMILES string of the molecule is CC(C)C(CN)NCCCC1CCCCC1. The lowest BCUT2D eigenvalue weighted by Gasteiger charge is -2.23. The first-order valence-corrected chi connectivity index (χ1v) is 7.17. The van der Waals surface area contributed by atoms with E-state index >= 15 is 0 Å². The first-order chi connectivity index (χ1) is 7.74. The zero-order chi connectivity index (χ0) is 11.8. The van der Waals surface area contributed by atoms with Crippen LogP contribution in [-0.2, 0) is 0 Å². The fourth-order valence-corrected chi connectivity index (χ4v) is 2.75. The molecular formula is C14H30N2. The monoisotopic (exact) mass is 226 g/mol. The van der Waals surface area contributed by atoms with Crippen LogP contribution in [0, 0.1) is 11.8 Å². The zero-order valence-corrected chi connectivity index (χ0v) is 11.2. The Balaban J connectivity index is 2.01. The van der Waals surface area contributed by atoms with E-state index in [-0.39, 0.29) is 0 Å². The van der Waals surface area contributed by atoms with E-state index in [2.05, 4.69) is 19.2 Å². The van der Waals surface area contributed by atoms with Gasteiger partial charge in [-0.2, -0.15) is 0 Å². The molecule has 0 aromatic rings. The van der Waals surface area contributed by atoms with Gasteiger partial charge in [-0.05, 0) is 31.2 Å². The smallest absolute Gasteiger partial charge is 0.0213 e. The number of hydrogen-bond acceptors (Lipinski definition) is 2. The molecule has 2 nitrogen and oxygen atoms in total. The predicted molar refractivity (Wildman–Crippen MR) is 71.5 cm³/mol. The largest absolute Gasteiger partial charge is 0.329 e. The average Bonchev–Trinajstić information content (AvgIpc) is 2.30. The fourth-order valence-electron chi connectivity index (χ4n) is 2.75. The third-order valence-electron chi connectivity index (χ3n) is 3.98. The van der Waals surface area contributed by atoms with Crippen molar-refractivity contribution in [1.82, 2.24) is 5.32 Å². The molecule has 16 heavy (non-hydrogen) atoms. The van der Waals surface area contributed by atoms with Crippen LogP contribution >= 0.6 is 0 Å². The molecule has 0 bridgehead atoms. The lowest BCUT2D eigenvalue weighted by molar-refractivity contribution is 0.322. The Bertz CT molecular complexity index is 162. The average molecular weight is 226 g/mol. The van der Waals surface area contributed by atoms with Gasteiger partial charge in [0.1, 0.15) is 0 Å². The molecule has 1 aliphatic carbocycles. The van der Waals surface area contributed by atoms with Gasteiger partial charge in [0.15, 0.2) is 0 Å². The van der Waals surface area contributed by atoms with E-state index in [1.54, 1.807) is 0 Å². The molecule has 1 unspecified atom stereocenters. The van der Waals surface area contributed by atoms with Crippen LogP contribution in [0.5, 0.6) is 0 Å². The van der Waals surface area contributed by atoms with Crippen molar-refractivity contribution in [2.75, 3.05) is 13.1 Å². The summed E-state index contributed by atoms with van der Waals surface area (Å²) in [5, 5.41) is 3.58. The Labute approximate surface area is 101 Å². The van der Waals surface area contributed by atoms with Gasteiger partial charge in [-0.15, -0.1) is 0 Å². The van der Waals surface area contributed by atoms with Crippen molar-refractivity contribution < 1.29 is 0 Å². The first kappa shape index (κ1) is 14.0. The van der Waals surface area contributed by atoms with Gasteiger partial charge in [-0.3, -0.25) is 0 Å². The Morgan fingerprint density at radius 3 is 2.44 bits per heavy atom. The molecular weight excluding hydrogens is 196 g/mol. The molecule has 1 rings (SSSR count). The minimum atomic E-state index is 0.506. The Kier molecular flexibility index (Phi) is 7.06. The molecule has 3 N–H and O–H groups in total. The number of nitrogens with one attached hydrogen (secondary N) is 1. The second kappa shape index (κ2) is 8.08. The Morgan fingerprint density at radius 2 is 1.88 bits per heavy atom. The van der Waals surface area contributed by atoms with Gasteiger partial charge in [0.2, 0.25) is 0 Å². The van der Waals surface area contributed by atoms with Gasteiger partial charge in [0.25, 0.3) is 0 Å². The van der Waals surface area contributed by atoms with E-state index in [0.717, 1.165) is 19.0 Å². The highest BCUT2D eigenvalue weighted by molar-refractivity contribution is 4.72. The quantitative estimate of drug-likeness (QED) is 0.655. The van der Waals surface area contributed by atoms with Gasteiger partial charge < -0.3 is 11.1 Å². The molecule has 0 heterocycles. The summed E-state index contributed by atoms with van der Waals surface area (Å²) >= 11 is 0. The third kappa shape index (κ3) is 5.31. The van der Waals surface area contributed by atoms with Crippen molar-refractivity contribution in [3.63, 3.8) is 0 Å². The van der Waals surface area contributed by atoms with Crippen LogP contribution in [0.25, 0.3) is 0 Å². The van der Waals surface area contributed by atoms with Gasteiger partial charge in [-0.25, -0.2) is 0 Å². The second-order valence-corrected chi connectivity index (χ2v) is 5.69. The molecule has 0 spiro atoms. The van der Waals surface area contributed by atoms with Crippen molar-refractivity contribution in [3.8, 4) is 0 Å². The molecule has 1 aliphatic rings. The minimum absolute atomic E-state index is 0.506. The topological polar surface area (TPSA) is 38.0 Å². The highest BCUT2D eigenvalue weighted by Gasteiger charge is 2.13. The van der Waals surface area contributed by atoms with Crippen LogP contribution in [0.15, 0.2) is 0 Å². The molecule has 1 atom stereocenters. The van der Waals surface area contributed by atoms with Crippen LogP contribution in [0.2, 0.25) is 0 Å². The molecule has 1 saturated carbocycles. The minimum Gasteiger partial charge on any atom is -0.329 e. The summed E-state index contributed by atoms with van der Waals surface area (Å²) < 4.78 is 0. The fraction of sp³-hybridized carbons (Fsp3) is 1.00. The van der Waals surface area contributed by atoms with Crippen molar-refractivity contribution in [3.05, 3.63) is 0 Å². The standard InChI is InChI=1S/C14H30N2/c1-12(2)14(11-15)16-10-6-9-13-7-4-3-5-8-13/h12-14,16H,3-11,15H2,1-2H3. The van der Waals surface area contributed by atoms with Crippen molar-refractivity contribution in [2.24, 2.45) is 17.6 Å². The number of rotatable bonds is 7. The zero-order valence-electron chi connectivity index (χ0n) is 11.2. The summed E-state index contributed by atoms with van der Waals surface area (Å²) in [6.45, 7) is 6.40. The number of nitrogens with two attached hydrogens (primary N) is 1. The van der Waals surface area contributed by atoms with Gasteiger partial charge in [0, 0.05) is 12.6 Å². The van der Waals surface area contributed by atoms with Crippen LogP contribution in [0.4, 0.5) is 0 Å². The van der Waals surface area contributed by atoms with Gasteiger partial charge in [-0.1, -0.05) is 46.0 Å². The molecule has 1 fully saturated rings. The highest BCUT2D eigenvalue weighted by Crippen LogP contribution is 2.26. The molecule has 0 aromatic carbocycles. The molecule has 96 valence electrons. The maximum absolute atomic E-state index is 5.74. The highest BCUT2D eigenvalue weighted by atomic mass is 14.9. The summed E-state index contributed by atoms with van der Waals surface area (Å²) in [7, 11) is 0. The molecule has 0 saturated heterocycles. The summed E-state index contributed by atoms with van der Waals surface area (Å²) in [5.74, 6) is 1.67. The molecule has 0 aromatic heterocycles. The van der Waals surface area contributed by atoms with E-state index in [1.807, 2.05) is 0 Å². The molecule has 0 aliphatic heterocycles. The summed E-state index contributed by atoms with van der Waals surface area (Å²) in [4.78, 5) is 0. The summed E-state index contributed by atoms with van der Waals surface area (Å²) in [6.07, 6.45) is 10.1. The number of hydrogen-bond donors (Lipinski definition) is 2. The van der Waals surface area contributed by atoms with Gasteiger partial charge in [0.05, 0.1) is 0 Å².